The molecule has 8 nitrogen and oxygen atoms in total. The Morgan fingerprint density at radius 2 is 1.74 bits per heavy atom. The number of carbonyl (C=O) groups is 2. The minimum absolute atomic E-state index is 0.00785. The largest absolute Gasteiger partial charge is 0.489 e. The summed E-state index contributed by atoms with van der Waals surface area (Å²) in [7, 11) is 0. The van der Waals surface area contributed by atoms with Crippen LogP contribution in [-0.4, -0.2) is 59.0 Å². The highest BCUT2D eigenvalue weighted by Gasteiger charge is 2.28. The number of hydrogen-bond acceptors (Lipinski definition) is 6. The number of halogens is 2. The Hall–Kier alpha value is -3.79. The molecule has 0 spiro atoms. The summed E-state index contributed by atoms with van der Waals surface area (Å²) < 4.78 is 38.8. The summed E-state index contributed by atoms with van der Waals surface area (Å²) in [5.74, 6) is -0.507. The Balaban J connectivity index is 1.67. The third kappa shape index (κ3) is 6.81. The monoisotopic (exact) mass is 540 g/mol. The molecule has 4 rings (SSSR count). The van der Waals surface area contributed by atoms with Gasteiger partial charge in [0.05, 0.1) is 11.3 Å². The van der Waals surface area contributed by atoms with Crippen LogP contribution < -0.4 is 9.64 Å². The number of benzene rings is 2. The van der Waals surface area contributed by atoms with Gasteiger partial charge < -0.3 is 19.1 Å². The maximum atomic E-state index is 14.3. The first-order chi connectivity index (χ1) is 18.6. The second-order valence-corrected chi connectivity index (χ2v) is 9.96. The van der Waals surface area contributed by atoms with Gasteiger partial charge in [0.15, 0.2) is 5.69 Å². The Kier molecular flexibility index (Phi) is 8.96. The molecule has 3 aromatic rings. The molecule has 0 saturated heterocycles. The summed E-state index contributed by atoms with van der Waals surface area (Å²) in [4.78, 5) is 32.0. The number of rotatable bonds is 5. The highest BCUT2D eigenvalue weighted by atomic mass is 19.1. The van der Waals surface area contributed by atoms with Gasteiger partial charge in [-0.2, -0.15) is 0 Å². The molecule has 0 atom stereocenters. The van der Waals surface area contributed by atoms with E-state index < -0.39 is 5.82 Å². The number of ether oxygens (including phenoxy) is 1. The first-order valence-corrected chi connectivity index (χ1v) is 13.1. The predicted molar refractivity (Wildman–Crippen MR) is 142 cm³/mol. The minimum atomic E-state index is -0.455. The number of hydrogen-bond donors (Lipinski definition) is 0. The lowest BCUT2D eigenvalue weighted by molar-refractivity contribution is -0.116. The van der Waals surface area contributed by atoms with Gasteiger partial charge in [-0.3, -0.25) is 14.5 Å². The molecular weight excluding hydrogens is 506 g/mol. The number of amides is 2. The van der Waals surface area contributed by atoms with Crippen molar-refractivity contribution >= 4 is 17.5 Å². The molecule has 0 radical (unpaired) electrons. The molecule has 10 heteroatoms. The van der Waals surface area contributed by atoms with Gasteiger partial charge in [0.1, 0.15) is 29.8 Å². The van der Waals surface area contributed by atoms with Crippen molar-refractivity contribution in [3.8, 4) is 5.75 Å². The third-order valence-electron chi connectivity index (χ3n) is 6.97. The van der Waals surface area contributed by atoms with E-state index in [0.29, 0.717) is 60.9 Å². The van der Waals surface area contributed by atoms with Crippen molar-refractivity contribution in [2.75, 3.05) is 31.1 Å². The molecule has 2 amide bonds. The second-order valence-electron chi connectivity index (χ2n) is 9.96. The number of aryl methyl sites for hydroxylation is 1. The predicted octanol–water partition coefficient (Wildman–Crippen LogP) is 4.95. The van der Waals surface area contributed by atoms with Crippen LogP contribution in [-0.2, 0) is 17.9 Å². The molecule has 39 heavy (non-hydrogen) atoms. The molecule has 0 unspecified atom stereocenters. The van der Waals surface area contributed by atoms with E-state index >= 15 is 0 Å². The number of anilines is 1. The van der Waals surface area contributed by atoms with Gasteiger partial charge in [-0.1, -0.05) is 11.2 Å². The van der Waals surface area contributed by atoms with Gasteiger partial charge in [0.2, 0.25) is 5.91 Å². The van der Waals surface area contributed by atoms with E-state index in [1.165, 1.54) is 43.3 Å². The Bertz CT molecular complexity index is 1310. The van der Waals surface area contributed by atoms with Gasteiger partial charge in [0, 0.05) is 45.7 Å². The summed E-state index contributed by atoms with van der Waals surface area (Å²) in [6.45, 7) is 9.64. The number of carbonyl (C=O) groups excluding carboxylic acids is 2. The molecular formula is C29H34F2N4O4. The lowest BCUT2D eigenvalue weighted by atomic mass is 10.1. The van der Waals surface area contributed by atoms with Crippen LogP contribution >= 0.6 is 0 Å². The lowest BCUT2D eigenvalue weighted by Gasteiger charge is -2.30. The second kappa shape index (κ2) is 12.4. The van der Waals surface area contributed by atoms with Gasteiger partial charge >= 0.3 is 0 Å². The van der Waals surface area contributed by atoms with Gasteiger partial charge in [-0.05, 0) is 69.2 Å². The normalized spacial score (nSPS) is 15.2. The van der Waals surface area contributed by atoms with Gasteiger partial charge in [0.25, 0.3) is 5.91 Å². The smallest absolute Gasteiger partial charge is 0.276 e. The summed E-state index contributed by atoms with van der Waals surface area (Å²) >= 11 is 0. The van der Waals surface area contributed by atoms with Crippen LogP contribution in [0.15, 0.2) is 47.0 Å². The van der Waals surface area contributed by atoms with Crippen molar-refractivity contribution in [3.63, 3.8) is 0 Å². The molecule has 0 aliphatic carbocycles. The van der Waals surface area contributed by atoms with Crippen LogP contribution in [0.2, 0.25) is 0 Å². The molecule has 0 bridgehead atoms. The SMILES string of the molecule is CC(=O)N1CCCN(C(C)C)CCN(C(=O)c2noc(C)c2COc2ccc(F)cc2)Cc2ccc(F)cc21. The first-order valence-electron chi connectivity index (χ1n) is 13.1. The van der Waals surface area contributed by atoms with Crippen molar-refractivity contribution in [2.45, 2.75) is 53.3 Å². The Morgan fingerprint density at radius 1 is 1.03 bits per heavy atom. The summed E-state index contributed by atoms with van der Waals surface area (Å²) in [5.41, 5.74) is 1.72. The standard InChI is InChI=1S/C29H34F2N4O4/c1-19(2)33-12-5-13-35(21(4)36)27-16-24(31)7-6-22(27)17-34(15-14-33)29(37)28-26(20(3)39-32-28)18-38-25-10-8-23(30)9-11-25/h6-11,16,19H,5,12-15,17-18H2,1-4H3. The van der Waals surface area contributed by atoms with E-state index in [1.807, 2.05) is 0 Å². The van der Waals surface area contributed by atoms with Crippen LogP contribution in [0, 0.1) is 18.6 Å². The molecule has 1 aliphatic rings. The van der Waals surface area contributed by atoms with Gasteiger partial charge in [-0.25, -0.2) is 8.78 Å². The van der Waals surface area contributed by atoms with Crippen LogP contribution in [0.4, 0.5) is 14.5 Å². The molecule has 1 aromatic heterocycles. The lowest BCUT2D eigenvalue weighted by Crippen LogP contribution is -2.41. The average molecular weight is 541 g/mol. The quantitative estimate of drug-likeness (QED) is 0.456. The van der Waals surface area contributed by atoms with E-state index in [1.54, 1.807) is 22.8 Å². The van der Waals surface area contributed by atoms with Gasteiger partial charge in [-0.15, -0.1) is 0 Å². The van der Waals surface area contributed by atoms with E-state index in [-0.39, 0.29) is 42.5 Å². The first kappa shape index (κ1) is 28.2. The molecule has 0 saturated carbocycles. The fraction of sp³-hybridized carbons (Fsp3) is 0.414. The molecule has 2 heterocycles. The summed E-state index contributed by atoms with van der Waals surface area (Å²) in [6.07, 6.45) is 0.703. The zero-order valence-electron chi connectivity index (χ0n) is 22.7. The third-order valence-corrected chi connectivity index (χ3v) is 6.97. The summed E-state index contributed by atoms with van der Waals surface area (Å²) in [6, 6.07) is 10.1. The van der Waals surface area contributed by atoms with Crippen molar-refractivity contribution in [1.29, 1.82) is 0 Å². The van der Waals surface area contributed by atoms with E-state index in [4.69, 9.17) is 9.26 Å². The highest BCUT2D eigenvalue weighted by Crippen LogP contribution is 2.27. The molecule has 0 fully saturated rings. The van der Waals surface area contributed by atoms with Crippen molar-refractivity contribution in [2.24, 2.45) is 0 Å². The Morgan fingerprint density at radius 3 is 2.44 bits per heavy atom. The van der Waals surface area contributed by atoms with E-state index in [0.717, 1.165) is 0 Å². The fourth-order valence-corrected chi connectivity index (χ4v) is 4.70. The maximum absolute atomic E-state index is 14.3. The number of nitrogens with zero attached hydrogens (tertiary/aromatic N) is 4. The molecule has 0 N–H and O–H groups in total. The van der Waals surface area contributed by atoms with Crippen LogP contribution in [0.5, 0.6) is 5.75 Å². The highest BCUT2D eigenvalue weighted by molar-refractivity contribution is 5.95. The van der Waals surface area contributed by atoms with Crippen molar-refractivity contribution in [3.05, 3.63) is 76.7 Å². The topological polar surface area (TPSA) is 79.1 Å². The molecule has 208 valence electrons. The van der Waals surface area contributed by atoms with Crippen molar-refractivity contribution < 1.29 is 27.6 Å². The number of fused-ring (bicyclic) bond motifs is 1. The van der Waals surface area contributed by atoms with E-state index in [9.17, 15) is 18.4 Å². The molecule has 2 aromatic carbocycles. The zero-order valence-corrected chi connectivity index (χ0v) is 22.7. The Labute approximate surface area is 227 Å². The van der Waals surface area contributed by atoms with E-state index in [2.05, 4.69) is 23.9 Å². The number of aromatic nitrogens is 1. The zero-order chi connectivity index (χ0) is 28.1. The van der Waals surface area contributed by atoms with Crippen LogP contribution in [0.25, 0.3) is 0 Å². The van der Waals surface area contributed by atoms with Crippen LogP contribution in [0.3, 0.4) is 0 Å². The van der Waals surface area contributed by atoms with Crippen LogP contribution in [0.1, 0.15) is 54.6 Å². The molecule has 1 aliphatic heterocycles. The fourth-order valence-electron chi connectivity index (χ4n) is 4.70. The summed E-state index contributed by atoms with van der Waals surface area (Å²) in [5, 5.41) is 4.05. The van der Waals surface area contributed by atoms with Crippen molar-refractivity contribution in [1.82, 2.24) is 15.0 Å². The average Bonchev–Trinajstić information content (AvgIpc) is 3.25. The minimum Gasteiger partial charge on any atom is -0.489 e. The maximum Gasteiger partial charge on any atom is 0.276 e.